The summed E-state index contributed by atoms with van der Waals surface area (Å²) in [5.41, 5.74) is 5.77. The first-order chi connectivity index (χ1) is 13.7. The van der Waals surface area contributed by atoms with Crippen molar-refractivity contribution in [1.29, 1.82) is 0 Å². The molecule has 1 heterocycles. The highest BCUT2D eigenvalue weighted by atomic mass is 16.5. The van der Waals surface area contributed by atoms with Crippen LogP contribution in [-0.4, -0.2) is 25.1 Å². The molecule has 28 heavy (non-hydrogen) atoms. The maximum atomic E-state index is 6.24. The summed E-state index contributed by atoms with van der Waals surface area (Å²) in [5.74, 6) is 2.64. The molecule has 0 aromatic heterocycles. The van der Waals surface area contributed by atoms with Crippen LogP contribution in [0.2, 0.25) is 0 Å². The maximum Gasteiger partial charge on any atom is 0.362 e. The molecule has 3 heteroatoms. The Kier molecular flexibility index (Phi) is 5.34. The summed E-state index contributed by atoms with van der Waals surface area (Å²) in [6, 6.07) is 24.8. The Hall–Kier alpha value is -3.20. The van der Waals surface area contributed by atoms with Gasteiger partial charge in [0.25, 0.3) is 0 Å². The van der Waals surface area contributed by atoms with E-state index >= 15 is 0 Å². The normalized spacial score (nSPS) is 14.5. The van der Waals surface area contributed by atoms with E-state index in [-0.39, 0.29) is 0 Å². The molecule has 0 unspecified atom stereocenters. The van der Waals surface area contributed by atoms with Gasteiger partial charge in [0.1, 0.15) is 17.7 Å². The minimum atomic E-state index is 0.692. The van der Waals surface area contributed by atoms with Gasteiger partial charge >= 0.3 is 11.5 Å². The Morgan fingerprint density at radius 2 is 1.75 bits per heavy atom. The molecule has 140 valence electrons. The van der Waals surface area contributed by atoms with Crippen molar-refractivity contribution in [2.45, 2.75) is 19.8 Å². The van der Waals surface area contributed by atoms with E-state index < -0.39 is 0 Å². The highest BCUT2D eigenvalue weighted by Crippen LogP contribution is 2.31. The second-order valence-electron chi connectivity index (χ2n) is 6.99. The number of methoxy groups -OCH3 is 1. The smallest absolute Gasteiger partial charge is 0.362 e. The number of hydrogen-bond acceptors (Lipinski definition) is 2. The van der Waals surface area contributed by atoms with Crippen molar-refractivity contribution in [1.82, 2.24) is 0 Å². The summed E-state index contributed by atoms with van der Waals surface area (Å²) in [6.07, 6.45) is 1.63. The zero-order chi connectivity index (χ0) is 19.3. The molecule has 0 N–H and O–H groups in total. The summed E-state index contributed by atoms with van der Waals surface area (Å²) in [4.78, 5) is 4.96. The number of hydrogen-bond donors (Lipinski definition) is 0. The minimum Gasteiger partial charge on any atom is -0.497 e. The number of carbonyl (C=O) groups excluding carboxylic acids is 1. The molecular weight excluding hydrogens is 346 g/mol. The molecule has 1 aliphatic heterocycles. The van der Waals surface area contributed by atoms with Crippen molar-refractivity contribution in [2.75, 3.05) is 13.7 Å². The highest BCUT2D eigenvalue weighted by molar-refractivity contribution is 6.18. The topological polar surface area (TPSA) is 32.9 Å². The third kappa shape index (κ3) is 4.04. The number of ether oxygens (including phenoxy) is 1. The van der Waals surface area contributed by atoms with Gasteiger partial charge in [-0.15, -0.1) is 0 Å². The van der Waals surface area contributed by atoms with Crippen LogP contribution in [0.1, 0.15) is 33.1 Å². The van der Waals surface area contributed by atoms with Crippen molar-refractivity contribution in [3.05, 3.63) is 95.1 Å². The van der Waals surface area contributed by atoms with Crippen LogP contribution < -0.4 is 4.74 Å². The predicted molar refractivity (Wildman–Crippen MR) is 114 cm³/mol. The molecule has 0 bridgehead atoms. The zero-order valence-corrected chi connectivity index (χ0v) is 16.3. The number of ketones is 1. The van der Waals surface area contributed by atoms with Gasteiger partial charge in [-0.2, -0.15) is 0 Å². The van der Waals surface area contributed by atoms with E-state index in [1.165, 1.54) is 11.1 Å². The quantitative estimate of drug-likeness (QED) is 0.540. The Morgan fingerprint density at radius 3 is 2.50 bits per heavy atom. The third-order valence-electron chi connectivity index (χ3n) is 4.97. The largest absolute Gasteiger partial charge is 0.497 e. The SMILES string of the molecule is COc1ccc(C2=[O+]c3ccc(C)cc3C(=NCCc3ccccc3)C2)cc1. The van der Waals surface area contributed by atoms with Gasteiger partial charge in [-0.25, -0.2) is 4.42 Å². The summed E-state index contributed by atoms with van der Waals surface area (Å²) in [6.45, 7) is 2.87. The predicted octanol–water partition coefficient (Wildman–Crippen LogP) is 5.57. The van der Waals surface area contributed by atoms with Crippen LogP contribution in [0.25, 0.3) is 0 Å². The first-order valence-electron chi connectivity index (χ1n) is 9.59. The molecule has 0 spiro atoms. The van der Waals surface area contributed by atoms with E-state index in [0.717, 1.165) is 47.1 Å². The van der Waals surface area contributed by atoms with Crippen molar-refractivity contribution >= 4 is 11.5 Å². The van der Waals surface area contributed by atoms with Gasteiger partial charge in [-0.3, -0.25) is 4.99 Å². The molecule has 3 aromatic rings. The molecule has 0 fully saturated rings. The standard InChI is InChI=1S/C25H24NO2/c1-18-8-13-24-22(16-18)23(26-15-14-19-6-4-3-5-7-19)17-25(28-24)20-9-11-21(27-2)12-10-20/h3-13,16H,14-15,17H2,1-2H3/q+1. The average molecular weight is 370 g/mol. The lowest BCUT2D eigenvalue weighted by molar-refractivity contribution is -0.169. The Bertz CT molecular complexity index is 1020. The fourth-order valence-electron chi connectivity index (χ4n) is 3.42. The number of rotatable bonds is 5. The summed E-state index contributed by atoms with van der Waals surface area (Å²) < 4.78 is 11.5. The fourth-order valence-corrected chi connectivity index (χ4v) is 3.42. The lowest BCUT2D eigenvalue weighted by Crippen LogP contribution is -2.16. The Labute approximate surface area is 166 Å². The van der Waals surface area contributed by atoms with E-state index in [2.05, 4.69) is 43.3 Å². The second kappa shape index (κ2) is 8.22. The molecule has 4 rings (SSSR count). The second-order valence-corrected chi connectivity index (χ2v) is 6.99. The Morgan fingerprint density at radius 1 is 0.964 bits per heavy atom. The molecule has 0 saturated carbocycles. The third-order valence-corrected chi connectivity index (χ3v) is 4.97. The van der Waals surface area contributed by atoms with E-state index in [1.54, 1.807) is 7.11 Å². The Balaban J connectivity index is 1.63. The van der Waals surface area contributed by atoms with Crippen molar-refractivity contribution < 1.29 is 9.16 Å². The molecule has 0 amide bonds. The average Bonchev–Trinajstić information content (AvgIpc) is 2.74. The molecule has 0 aliphatic carbocycles. The van der Waals surface area contributed by atoms with Gasteiger partial charge < -0.3 is 4.74 Å². The number of fused-ring (bicyclic) bond motifs is 1. The summed E-state index contributed by atoms with van der Waals surface area (Å²) in [7, 11) is 1.68. The van der Waals surface area contributed by atoms with Crippen LogP contribution in [0, 0.1) is 6.92 Å². The molecule has 0 atom stereocenters. The van der Waals surface area contributed by atoms with E-state index in [1.807, 2.05) is 36.4 Å². The van der Waals surface area contributed by atoms with Crippen LogP contribution in [-0.2, 0) is 6.42 Å². The summed E-state index contributed by atoms with van der Waals surface area (Å²) in [5, 5.41) is 0. The zero-order valence-electron chi connectivity index (χ0n) is 16.3. The molecule has 1 aliphatic rings. The van der Waals surface area contributed by atoms with Crippen LogP contribution in [0.3, 0.4) is 0 Å². The lowest BCUT2D eigenvalue weighted by atomic mass is 9.96. The van der Waals surface area contributed by atoms with Gasteiger partial charge in [-0.05, 0) is 60.9 Å². The monoisotopic (exact) mass is 370 g/mol. The van der Waals surface area contributed by atoms with E-state index in [4.69, 9.17) is 14.2 Å². The van der Waals surface area contributed by atoms with Gasteiger partial charge in [0, 0.05) is 12.6 Å². The minimum absolute atomic E-state index is 0.692. The fraction of sp³-hybridized carbons (Fsp3) is 0.200. The first kappa shape index (κ1) is 18.2. The molecule has 3 aromatic carbocycles. The number of aliphatic imine (C=N–C) groups is 1. The van der Waals surface area contributed by atoms with Gasteiger partial charge in [0.15, 0.2) is 0 Å². The molecule has 0 saturated heterocycles. The van der Waals surface area contributed by atoms with Crippen molar-refractivity contribution in [2.24, 2.45) is 4.99 Å². The van der Waals surface area contributed by atoms with Crippen LogP contribution >= 0.6 is 0 Å². The van der Waals surface area contributed by atoms with Crippen LogP contribution in [0.15, 0.2) is 77.8 Å². The number of nitrogens with zero attached hydrogens (tertiary/aromatic N) is 1. The van der Waals surface area contributed by atoms with E-state index in [0.29, 0.717) is 6.42 Å². The van der Waals surface area contributed by atoms with Gasteiger partial charge in [-0.1, -0.05) is 30.3 Å². The highest BCUT2D eigenvalue weighted by Gasteiger charge is 2.30. The van der Waals surface area contributed by atoms with Gasteiger partial charge in [0.2, 0.25) is 0 Å². The molecule has 0 radical (unpaired) electrons. The first-order valence-corrected chi connectivity index (χ1v) is 9.59. The van der Waals surface area contributed by atoms with Crippen LogP contribution in [0.4, 0.5) is 0 Å². The maximum absolute atomic E-state index is 6.24. The lowest BCUT2D eigenvalue weighted by Gasteiger charge is -2.10. The number of aryl methyl sites for hydroxylation is 1. The van der Waals surface area contributed by atoms with Crippen molar-refractivity contribution in [3.63, 3.8) is 0 Å². The van der Waals surface area contributed by atoms with Crippen LogP contribution in [0.5, 0.6) is 11.5 Å². The van der Waals surface area contributed by atoms with E-state index in [9.17, 15) is 0 Å². The molecular formula is C25H24NO2+. The van der Waals surface area contributed by atoms with Gasteiger partial charge in [0.05, 0.1) is 18.4 Å². The molecule has 3 nitrogen and oxygen atoms in total. The summed E-state index contributed by atoms with van der Waals surface area (Å²) >= 11 is 0. The van der Waals surface area contributed by atoms with Crippen molar-refractivity contribution in [3.8, 4) is 11.5 Å². The number of benzene rings is 3.